The number of carbonyl (C=O) groups is 3. The van der Waals surface area contributed by atoms with Crippen LogP contribution in [-0.4, -0.2) is 34.0 Å². The molecular formula is C19H28ClN3O4. The topological polar surface area (TPSA) is 127 Å². The highest BCUT2D eigenvalue weighted by atomic mass is 35.5. The monoisotopic (exact) mass is 397 g/mol. The Bertz CT molecular complexity index is 671. The fourth-order valence-electron chi connectivity index (χ4n) is 2.99. The maximum absolute atomic E-state index is 12.7. The van der Waals surface area contributed by atoms with Crippen LogP contribution in [0.1, 0.15) is 45.6 Å². The lowest BCUT2D eigenvalue weighted by Gasteiger charge is -2.35. The molecule has 0 bridgehead atoms. The number of hydrogen-bond donors (Lipinski definition) is 3. The second-order valence-electron chi connectivity index (χ2n) is 7.74. The van der Waals surface area contributed by atoms with Crippen molar-refractivity contribution in [1.29, 1.82) is 0 Å². The number of amides is 3. The van der Waals surface area contributed by atoms with Gasteiger partial charge in [-0.25, -0.2) is 5.06 Å². The van der Waals surface area contributed by atoms with Gasteiger partial charge in [0.1, 0.15) is 6.04 Å². The van der Waals surface area contributed by atoms with Gasteiger partial charge in [-0.3, -0.25) is 19.6 Å². The molecule has 0 aliphatic heterocycles. The number of rotatable bonds is 9. The van der Waals surface area contributed by atoms with Crippen molar-refractivity contribution in [2.75, 3.05) is 0 Å². The van der Waals surface area contributed by atoms with E-state index in [9.17, 15) is 19.6 Å². The molecule has 0 aliphatic carbocycles. The Morgan fingerprint density at radius 1 is 1.15 bits per heavy atom. The van der Waals surface area contributed by atoms with Gasteiger partial charge in [-0.1, -0.05) is 44.5 Å². The zero-order chi connectivity index (χ0) is 20.8. The maximum atomic E-state index is 12.7. The molecule has 27 heavy (non-hydrogen) atoms. The summed E-state index contributed by atoms with van der Waals surface area (Å²) in [5, 5.41) is 11.3. The van der Waals surface area contributed by atoms with Crippen LogP contribution in [0.5, 0.6) is 0 Å². The molecule has 7 nitrogen and oxygen atoms in total. The number of aryl methyl sites for hydroxylation is 1. The number of primary amides is 2. The molecular weight excluding hydrogens is 370 g/mol. The molecule has 0 heterocycles. The van der Waals surface area contributed by atoms with Gasteiger partial charge in [0.05, 0.1) is 0 Å². The Kier molecular flexibility index (Phi) is 8.24. The predicted molar refractivity (Wildman–Crippen MR) is 103 cm³/mol. The van der Waals surface area contributed by atoms with Crippen LogP contribution < -0.4 is 11.5 Å². The Hall–Kier alpha value is -2.12. The van der Waals surface area contributed by atoms with Crippen molar-refractivity contribution in [3.05, 3.63) is 34.9 Å². The van der Waals surface area contributed by atoms with Crippen molar-refractivity contribution < 1.29 is 19.6 Å². The van der Waals surface area contributed by atoms with Gasteiger partial charge < -0.3 is 11.5 Å². The number of halogens is 1. The van der Waals surface area contributed by atoms with Crippen LogP contribution >= 0.6 is 11.6 Å². The highest BCUT2D eigenvalue weighted by molar-refractivity contribution is 6.30. The van der Waals surface area contributed by atoms with Gasteiger partial charge in [-0.05, 0) is 42.4 Å². The summed E-state index contributed by atoms with van der Waals surface area (Å²) in [5.74, 6) is -3.04. The van der Waals surface area contributed by atoms with E-state index in [1.807, 2.05) is 12.1 Å². The standard InChI is InChI=1S/C19H28ClN3O4/c1-19(2,3)16(17(22)25)23(27)18(26)13(11-15(21)24)6-4-5-12-7-9-14(20)10-8-12/h7-10,13,16,27H,4-6,11H2,1-3H3,(H2,21,24)(H2,22,25)/t13-,16-/m1/s1. The van der Waals surface area contributed by atoms with E-state index in [1.54, 1.807) is 32.9 Å². The first-order valence-electron chi connectivity index (χ1n) is 8.77. The normalized spacial score (nSPS) is 13.7. The third kappa shape index (κ3) is 7.19. The van der Waals surface area contributed by atoms with E-state index in [0.717, 1.165) is 5.56 Å². The van der Waals surface area contributed by atoms with Gasteiger partial charge >= 0.3 is 0 Å². The van der Waals surface area contributed by atoms with Crippen LogP contribution in [0, 0.1) is 11.3 Å². The molecule has 2 atom stereocenters. The smallest absolute Gasteiger partial charge is 0.250 e. The van der Waals surface area contributed by atoms with E-state index in [-0.39, 0.29) is 6.42 Å². The van der Waals surface area contributed by atoms with Crippen molar-refractivity contribution in [2.24, 2.45) is 22.8 Å². The van der Waals surface area contributed by atoms with E-state index in [2.05, 4.69) is 0 Å². The molecule has 5 N–H and O–H groups in total. The zero-order valence-corrected chi connectivity index (χ0v) is 16.7. The first-order chi connectivity index (χ1) is 12.4. The van der Waals surface area contributed by atoms with Crippen LogP contribution in [0.4, 0.5) is 0 Å². The maximum Gasteiger partial charge on any atom is 0.250 e. The molecule has 3 amide bonds. The molecule has 0 aliphatic rings. The molecule has 0 radical (unpaired) electrons. The fraction of sp³-hybridized carbons (Fsp3) is 0.526. The molecule has 0 aromatic heterocycles. The summed E-state index contributed by atoms with van der Waals surface area (Å²) in [6, 6.07) is 6.11. The predicted octanol–water partition coefficient (Wildman–Crippen LogP) is 2.27. The number of hydrogen-bond acceptors (Lipinski definition) is 4. The summed E-state index contributed by atoms with van der Waals surface area (Å²) in [7, 11) is 0. The van der Waals surface area contributed by atoms with Gasteiger partial charge in [-0.2, -0.15) is 0 Å². The average Bonchev–Trinajstić information content (AvgIpc) is 2.53. The number of benzene rings is 1. The van der Waals surface area contributed by atoms with E-state index >= 15 is 0 Å². The van der Waals surface area contributed by atoms with E-state index in [0.29, 0.717) is 29.3 Å². The summed E-state index contributed by atoms with van der Waals surface area (Å²) < 4.78 is 0. The van der Waals surface area contributed by atoms with Gasteiger partial charge in [0, 0.05) is 17.4 Å². The molecule has 1 aromatic carbocycles. The van der Waals surface area contributed by atoms with Gasteiger partial charge in [0.25, 0.3) is 0 Å². The molecule has 150 valence electrons. The molecule has 0 unspecified atom stereocenters. The first kappa shape index (κ1) is 22.9. The van der Waals surface area contributed by atoms with E-state index in [4.69, 9.17) is 23.1 Å². The lowest BCUT2D eigenvalue weighted by molar-refractivity contribution is -0.192. The SMILES string of the molecule is CC(C)(C)[C@@H](C(N)=O)N(O)C(=O)[C@H](CCCc1ccc(Cl)cc1)CC(N)=O. The number of nitrogens with zero attached hydrogens (tertiary/aromatic N) is 1. The highest BCUT2D eigenvalue weighted by Gasteiger charge is 2.39. The van der Waals surface area contributed by atoms with Crippen molar-refractivity contribution in [2.45, 2.75) is 52.5 Å². The number of carbonyl (C=O) groups excluding carboxylic acids is 3. The van der Waals surface area contributed by atoms with E-state index < -0.39 is 35.1 Å². The zero-order valence-electron chi connectivity index (χ0n) is 15.9. The lowest BCUT2D eigenvalue weighted by Crippen LogP contribution is -2.54. The minimum absolute atomic E-state index is 0.216. The Morgan fingerprint density at radius 2 is 1.70 bits per heavy atom. The fourth-order valence-corrected chi connectivity index (χ4v) is 3.11. The van der Waals surface area contributed by atoms with Gasteiger partial charge in [0.2, 0.25) is 17.7 Å². The van der Waals surface area contributed by atoms with Gasteiger partial charge in [0.15, 0.2) is 0 Å². The quantitative estimate of drug-likeness (QED) is 0.436. The summed E-state index contributed by atoms with van der Waals surface area (Å²) >= 11 is 5.85. The van der Waals surface area contributed by atoms with Crippen molar-refractivity contribution in [3.63, 3.8) is 0 Å². The molecule has 0 spiro atoms. The molecule has 0 fully saturated rings. The number of nitrogens with two attached hydrogens (primary N) is 2. The highest BCUT2D eigenvalue weighted by Crippen LogP contribution is 2.26. The van der Waals surface area contributed by atoms with Crippen LogP contribution in [0.15, 0.2) is 24.3 Å². The second-order valence-corrected chi connectivity index (χ2v) is 8.18. The Morgan fingerprint density at radius 3 is 2.15 bits per heavy atom. The second kappa shape index (κ2) is 9.71. The largest absolute Gasteiger partial charge is 0.370 e. The Balaban J connectivity index is 2.84. The van der Waals surface area contributed by atoms with Crippen LogP contribution in [0.3, 0.4) is 0 Å². The van der Waals surface area contributed by atoms with Crippen molar-refractivity contribution >= 4 is 29.3 Å². The molecule has 1 aromatic rings. The minimum Gasteiger partial charge on any atom is -0.370 e. The van der Waals surface area contributed by atoms with Crippen LogP contribution in [-0.2, 0) is 20.8 Å². The lowest BCUT2D eigenvalue weighted by atomic mass is 9.85. The summed E-state index contributed by atoms with van der Waals surface area (Å²) in [5.41, 5.74) is 10.9. The molecule has 0 saturated carbocycles. The average molecular weight is 398 g/mol. The minimum atomic E-state index is -1.21. The third-order valence-corrected chi connectivity index (χ3v) is 4.54. The molecule has 0 saturated heterocycles. The van der Waals surface area contributed by atoms with Crippen molar-refractivity contribution in [1.82, 2.24) is 5.06 Å². The van der Waals surface area contributed by atoms with E-state index in [1.165, 1.54) is 0 Å². The summed E-state index contributed by atoms with van der Waals surface area (Å²) in [6.45, 7) is 5.05. The summed E-state index contributed by atoms with van der Waals surface area (Å²) in [4.78, 5) is 35.8. The molecule has 1 rings (SSSR count). The van der Waals surface area contributed by atoms with Gasteiger partial charge in [-0.15, -0.1) is 0 Å². The third-order valence-electron chi connectivity index (χ3n) is 4.29. The number of hydroxylamine groups is 2. The Labute approximate surface area is 164 Å². The first-order valence-corrected chi connectivity index (χ1v) is 9.15. The van der Waals surface area contributed by atoms with Crippen LogP contribution in [0.2, 0.25) is 5.02 Å². The van der Waals surface area contributed by atoms with Crippen molar-refractivity contribution in [3.8, 4) is 0 Å². The molecule has 8 heteroatoms. The van der Waals surface area contributed by atoms with Crippen LogP contribution in [0.25, 0.3) is 0 Å². The summed E-state index contributed by atoms with van der Waals surface area (Å²) in [6.07, 6.45) is 1.38.